The molecule has 1 atom stereocenters. The van der Waals surface area contributed by atoms with E-state index in [4.69, 9.17) is 11.6 Å². The lowest BCUT2D eigenvalue weighted by molar-refractivity contribution is -0.292. The Labute approximate surface area is 121 Å². The van der Waals surface area contributed by atoms with Crippen LogP contribution < -0.4 is 5.32 Å². The summed E-state index contributed by atoms with van der Waals surface area (Å²) in [5.41, 5.74) is -0.735. The van der Waals surface area contributed by atoms with Gasteiger partial charge in [-0.1, -0.05) is 24.6 Å². The minimum Gasteiger partial charge on any atom is -0.309 e. The molecule has 0 spiro atoms. The molecule has 1 aromatic rings. The molecule has 1 unspecified atom stereocenters. The molecule has 0 aromatic heterocycles. The number of rotatable bonds is 4. The Kier molecular flexibility index (Phi) is 5.49. The van der Waals surface area contributed by atoms with Gasteiger partial charge in [-0.15, -0.1) is 0 Å². The van der Waals surface area contributed by atoms with Crippen molar-refractivity contribution in [2.45, 2.75) is 25.3 Å². The van der Waals surface area contributed by atoms with Gasteiger partial charge >= 0.3 is 12.4 Å². The second-order valence-electron chi connectivity index (χ2n) is 4.26. The van der Waals surface area contributed by atoms with E-state index in [9.17, 15) is 30.7 Å². The van der Waals surface area contributed by atoms with Crippen molar-refractivity contribution in [1.29, 1.82) is 0 Å². The number of alkyl halides is 6. The van der Waals surface area contributed by atoms with Gasteiger partial charge in [0.2, 0.25) is 0 Å². The van der Waals surface area contributed by atoms with Crippen molar-refractivity contribution in [3.63, 3.8) is 0 Å². The van der Waals surface area contributed by atoms with Crippen molar-refractivity contribution in [3.8, 4) is 0 Å². The zero-order valence-corrected chi connectivity index (χ0v) is 11.4. The highest BCUT2D eigenvalue weighted by Gasteiger charge is 2.60. The first kappa shape index (κ1) is 18.0. The molecule has 0 saturated carbocycles. The van der Waals surface area contributed by atoms with Crippen molar-refractivity contribution in [2.24, 2.45) is 5.92 Å². The first-order valence-electron chi connectivity index (χ1n) is 5.80. The normalized spacial score (nSPS) is 14.6. The van der Waals surface area contributed by atoms with Crippen LogP contribution in [0.15, 0.2) is 18.2 Å². The average molecular weight is 338 g/mol. The highest BCUT2D eigenvalue weighted by molar-refractivity contribution is 6.30. The van der Waals surface area contributed by atoms with Crippen LogP contribution in [0, 0.1) is 11.7 Å². The fourth-order valence-corrected chi connectivity index (χ4v) is 2.10. The highest BCUT2D eigenvalue weighted by Crippen LogP contribution is 2.46. The minimum atomic E-state index is -5.57. The molecule has 0 bridgehead atoms. The van der Waals surface area contributed by atoms with Gasteiger partial charge in [0.25, 0.3) is 0 Å². The standard InChI is InChI=1S/C12H11ClF7N/c1-2-21-9(7-4-3-6(13)5-8(7)14)10(11(15,16)17)12(18,19)20/h3-5,9-10,21H,2H2,1H3. The lowest BCUT2D eigenvalue weighted by atomic mass is 9.91. The molecule has 21 heavy (non-hydrogen) atoms. The van der Waals surface area contributed by atoms with E-state index in [1.165, 1.54) is 6.92 Å². The van der Waals surface area contributed by atoms with E-state index in [1.807, 2.05) is 5.32 Å². The third-order valence-corrected chi connectivity index (χ3v) is 3.00. The summed E-state index contributed by atoms with van der Waals surface area (Å²) in [6.45, 7) is 1.13. The summed E-state index contributed by atoms with van der Waals surface area (Å²) in [4.78, 5) is 0. The molecule has 0 radical (unpaired) electrons. The maximum Gasteiger partial charge on any atom is 0.402 e. The molecule has 0 heterocycles. The van der Waals surface area contributed by atoms with Gasteiger partial charge < -0.3 is 5.32 Å². The number of benzene rings is 1. The fraction of sp³-hybridized carbons (Fsp3) is 0.500. The van der Waals surface area contributed by atoms with E-state index in [0.29, 0.717) is 6.07 Å². The molecule has 1 aromatic carbocycles. The zero-order chi connectivity index (χ0) is 16.4. The van der Waals surface area contributed by atoms with E-state index in [1.54, 1.807) is 0 Å². The van der Waals surface area contributed by atoms with E-state index < -0.39 is 35.7 Å². The SMILES string of the molecule is CCNC(c1ccc(Cl)cc1F)C(C(F)(F)F)C(F)(F)F. The molecule has 0 fully saturated rings. The van der Waals surface area contributed by atoms with E-state index in [-0.39, 0.29) is 11.6 Å². The maximum absolute atomic E-state index is 13.7. The monoisotopic (exact) mass is 337 g/mol. The van der Waals surface area contributed by atoms with Crippen LogP contribution in [0.5, 0.6) is 0 Å². The summed E-state index contributed by atoms with van der Waals surface area (Å²) >= 11 is 5.45. The molecular formula is C12H11ClF7N. The van der Waals surface area contributed by atoms with E-state index in [0.717, 1.165) is 12.1 Å². The molecule has 0 aliphatic carbocycles. The van der Waals surface area contributed by atoms with Crippen LogP contribution in [0.4, 0.5) is 30.7 Å². The van der Waals surface area contributed by atoms with Crippen LogP contribution in [0.2, 0.25) is 5.02 Å². The van der Waals surface area contributed by atoms with Gasteiger partial charge in [-0.2, -0.15) is 26.3 Å². The van der Waals surface area contributed by atoms with Gasteiger partial charge in [0.15, 0.2) is 5.92 Å². The molecular weight excluding hydrogens is 327 g/mol. The lowest BCUT2D eigenvalue weighted by Gasteiger charge is -2.31. The average Bonchev–Trinajstić information content (AvgIpc) is 2.24. The minimum absolute atomic E-state index is 0.123. The molecule has 1 nitrogen and oxygen atoms in total. The molecule has 0 aliphatic rings. The number of nitrogens with one attached hydrogen (secondary N) is 1. The second kappa shape index (κ2) is 6.39. The van der Waals surface area contributed by atoms with Crippen LogP contribution in [0.3, 0.4) is 0 Å². The summed E-state index contributed by atoms with van der Waals surface area (Å²) in [5, 5.41) is 1.93. The molecule has 0 aliphatic heterocycles. The molecule has 1 N–H and O–H groups in total. The van der Waals surface area contributed by atoms with Crippen LogP contribution >= 0.6 is 11.6 Å². The van der Waals surface area contributed by atoms with Gasteiger partial charge in [0, 0.05) is 10.6 Å². The van der Waals surface area contributed by atoms with Crippen molar-refractivity contribution in [2.75, 3.05) is 6.54 Å². The number of halogens is 8. The second-order valence-corrected chi connectivity index (χ2v) is 4.70. The van der Waals surface area contributed by atoms with Crippen molar-refractivity contribution < 1.29 is 30.7 Å². The van der Waals surface area contributed by atoms with Gasteiger partial charge in [-0.3, -0.25) is 0 Å². The van der Waals surface area contributed by atoms with Crippen LogP contribution in [0.1, 0.15) is 18.5 Å². The third-order valence-electron chi connectivity index (χ3n) is 2.76. The molecule has 120 valence electrons. The number of hydrogen-bond donors (Lipinski definition) is 1. The first-order valence-corrected chi connectivity index (χ1v) is 6.18. The Morgan fingerprint density at radius 2 is 1.62 bits per heavy atom. The molecule has 0 amide bonds. The van der Waals surface area contributed by atoms with Crippen molar-refractivity contribution in [3.05, 3.63) is 34.6 Å². The highest BCUT2D eigenvalue weighted by atomic mass is 35.5. The predicted octanol–water partition coefficient (Wildman–Crippen LogP) is 4.87. The molecule has 9 heteroatoms. The Bertz CT molecular complexity index is 469. The first-order chi connectivity index (χ1) is 9.48. The lowest BCUT2D eigenvalue weighted by Crippen LogP contribution is -2.46. The van der Waals surface area contributed by atoms with Crippen LogP contribution in [0.25, 0.3) is 0 Å². The van der Waals surface area contributed by atoms with Crippen molar-refractivity contribution in [1.82, 2.24) is 5.32 Å². The van der Waals surface area contributed by atoms with Crippen LogP contribution in [-0.2, 0) is 0 Å². The quantitative estimate of drug-likeness (QED) is 0.773. The number of hydrogen-bond acceptors (Lipinski definition) is 1. The molecule has 0 saturated heterocycles. The predicted molar refractivity (Wildman–Crippen MR) is 63.4 cm³/mol. The van der Waals surface area contributed by atoms with Crippen LogP contribution in [-0.4, -0.2) is 18.9 Å². The van der Waals surface area contributed by atoms with Gasteiger partial charge in [-0.05, 0) is 18.7 Å². The Balaban J connectivity index is 3.38. The van der Waals surface area contributed by atoms with Gasteiger partial charge in [0.05, 0.1) is 6.04 Å². The van der Waals surface area contributed by atoms with Gasteiger partial charge in [-0.25, -0.2) is 4.39 Å². The topological polar surface area (TPSA) is 12.0 Å². The van der Waals surface area contributed by atoms with Crippen molar-refractivity contribution >= 4 is 11.6 Å². The Morgan fingerprint density at radius 1 is 1.10 bits per heavy atom. The van der Waals surface area contributed by atoms with E-state index >= 15 is 0 Å². The van der Waals surface area contributed by atoms with Gasteiger partial charge in [0.1, 0.15) is 5.82 Å². The fourth-order valence-electron chi connectivity index (χ4n) is 1.94. The maximum atomic E-state index is 13.7. The summed E-state index contributed by atoms with van der Waals surface area (Å²) in [6, 6.07) is 0.238. The summed E-state index contributed by atoms with van der Waals surface area (Å²) in [7, 11) is 0. The summed E-state index contributed by atoms with van der Waals surface area (Å²) < 4.78 is 90.4. The smallest absolute Gasteiger partial charge is 0.309 e. The zero-order valence-electron chi connectivity index (χ0n) is 10.6. The third kappa shape index (κ3) is 4.47. The summed E-state index contributed by atoms with van der Waals surface area (Å²) in [5.74, 6) is -4.95. The Morgan fingerprint density at radius 3 is 2.00 bits per heavy atom. The largest absolute Gasteiger partial charge is 0.402 e. The Hall–Kier alpha value is -1.02. The summed E-state index contributed by atoms with van der Waals surface area (Å²) in [6.07, 6.45) is -11.1. The van der Waals surface area contributed by atoms with E-state index in [2.05, 4.69) is 0 Å². The molecule has 1 rings (SSSR count).